The monoisotopic (exact) mass is 348 g/mol. The van der Waals surface area contributed by atoms with Gasteiger partial charge in [-0.3, -0.25) is 9.78 Å². The lowest BCUT2D eigenvalue weighted by molar-refractivity contribution is 0.105. The van der Waals surface area contributed by atoms with Crippen molar-refractivity contribution in [3.05, 3.63) is 16.6 Å². The molecule has 3 heterocycles. The van der Waals surface area contributed by atoms with Crippen molar-refractivity contribution in [1.82, 2.24) is 24.6 Å². The van der Waals surface area contributed by atoms with Crippen molar-refractivity contribution in [2.75, 3.05) is 37.7 Å². The van der Waals surface area contributed by atoms with Gasteiger partial charge in [-0.15, -0.1) is 0 Å². The highest BCUT2D eigenvalue weighted by Gasteiger charge is 2.25. The second-order valence-electron chi connectivity index (χ2n) is 7.03. The summed E-state index contributed by atoms with van der Waals surface area (Å²) in [6.07, 6.45) is 1.25. The number of anilines is 1. The maximum absolute atomic E-state index is 12.4. The molecule has 3 rings (SSSR count). The van der Waals surface area contributed by atoms with Gasteiger partial charge >= 0.3 is 6.09 Å². The minimum absolute atomic E-state index is 0.205. The van der Waals surface area contributed by atoms with Crippen LogP contribution in [0.3, 0.4) is 0 Å². The van der Waals surface area contributed by atoms with Gasteiger partial charge in [-0.2, -0.15) is 10.1 Å². The van der Waals surface area contributed by atoms with Crippen LogP contribution in [0.15, 0.2) is 11.0 Å². The normalized spacial score (nSPS) is 15.7. The number of fused-ring (bicyclic) bond motifs is 1. The first-order chi connectivity index (χ1) is 11.8. The number of nitrogens with zero attached hydrogens (tertiary/aromatic N) is 5. The topological polar surface area (TPSA) is 96.3 Å². The Kier molecular flexibility index (Phi) is 4.40. The van der Waals surface area contributed by atoms with E-state index in [-0.39, 0.29) is 17.2 Å². The van der Waals surface area contributed by atoms with Crippen LogP contribution in [0.25, 0.3) is 11.0 Å². The highest BCUT2D eigenvalue weighted by atomic mass is 16.6. The Bertz CT molecular complexity index is 826. The summed E-state index contributed by atoms with van der Waals surface area (Å²) in [5.74, 6) is 0.506. The zero-order valence-electron chi connectivity index (χ0n) is 15.1. The van der Waals surface area contributed by atoms with Crippen LogP contribution in [0.1, 0.15) is 27.7 Å². The van der Waals surface area contributed by atoms with E-state index in [0.717, 1.165) is 0 Å². The number of aromatic nitrogens is 4. The van der Waals surface area contributed by atoms with Crippen LogP contribution in [0.2, 0.25) is 0 Å². The van der Waals surface area contributed by atoms with Crippen LogP contribution in [0, 0.1) is 0 Å². The number of H-pyrrole nitrogens is 1. The van der Waals surface area contributed by atoms with E-state index in [1.165, 1.54) is 0 Å². The minimum atomic E-state index is -0.301. The van der Waals surface area contributed by atoms with Gasteiger partial charge in [0.15, 0.2) is 5.65 Å². The molecule has 0 radical (unpaired) electrons. The van der Waals surface area contributed by atoms with Crippen molar-refractivity contribution in [3.8, 4) is 0 Å². The average molecular weight is 348 g/mol. The number of nitrogens with one attached hydrogen (secondary N) is 1. The highest BCUT2D eigenvalue weighted by molar-refractivity contribution is 5.75. The van der Waals surface area contributed by atoms with Gasteiger partial charge in [0.1, 0.15) is 5.39 Å². The van der Waals surface area contributed by atoms with Gasteiger partial charge in [0.2, 0.25) is 5.95 Å². The quantitative estimate of drug-likeness (QED) is 0.875. The standard InChI is InChI=1S/C16H24N6O3/c1-5-25-15(24)21-8-6-20(7-9-21)14-18-12-11(13(23)19-14)10-17-22(12)16(2,3)4/h10H,5-9H2,1-4H3,(H,18,19,23). The lowest BCUT2D eigenvalue weighted by Crippen LogP contribution is -2.49. The smallest absolute Gasteiger partial charge is 0.409 e. The van der Waals surface area contributed by atoms with Crippen molar-refractivity contribution in [2.45, 2.75) is 33.2 Å². The Morgan fingerprint density at radius 1 is 1.28 bits per heavy atom. The van der Waals surface area contributed by atoms with Gasteiger partial charge in [-0.1, -0.05) is 0 Å². The van der Waals surface area contributed by atoms with E-state index in [9.17, 15) is 9.59 Å². The summed E-state index contributed by atoms with van der Waals surface area (Å²) in [5.41, 5.74) is 0.0880. The molecule has 1 fully saturated rings. The molecule has 2 aromatic rings. The molecule has 0 spiro atoms. The molecule has 1 aliphatic heterocycles. The van der Waals surface area contributed by atoms with E-state index in [1.54, 1.807) is 22.7 Å². The number of piperazine rings is 1. The van der Waals surface area contributed by atoms with E-state index in [1.807, 2.05) is 25.7 Å². The molecule has 136 valence electrons. The van der Waals surface area contributed by atoms with Gasteiger partial charge in [0, 0.05) is 26.2 Å². The van der Waals surface area contributed by atoms with E-state index in [2.05, 4.69) is 15.1 Å². The summed E-state index contributed by atoms with van der Waals surface area (Å²) in [7, 11) is 0. The SMILES string of the molecule is CCOC(=O)N1CCN(c2nc3c(cnn3C(C)(C)C)c(=O)[nH]2)CC1. The van der Waals surface area contributed by atoms with Crippen molar-refractivity contribution in [3.63, 3.8) is 0 Å². The fraction of sp³-hybridized carbons (Fsp3) is 0.625. The number of hydrogen-bond acceptors (Lipinski definition) is 6. The van der Waals surface area contributed by atoms with Gasteiger partial charge < -0.3 is 14.5 Å². The second-order valence-corrected chi connectivity index (χ2v) is 7.03. The summed E-state index contributed by atoms with van der Waals surface area (Å²) in [6, 6.07) is 0. The molecule has 1 amide bonds. The summed E-state index contributed by atoms with van der Waals surface area (Å²) in [5, 5.41) is 4.79. The van der Waals surface area contributed by atoms with E-state index in [0.29, 0.717) is 49.8 Å². The number of hydrogen-bond donors (Lipinski definition) is 1. The van der Waals surface area contributed by atoms with E-state index in [4.69, 9.17) is 4.74 Å². The predicted molar refractivity (Wildman–Crippen MR) is 94.0 cm³/mol. The van der Waals surface area contributed by atoms with Crippen LogP contribution in [-0.4, -0.2) is 63.5 Å². The van der Waals surface area contributed by atoms with Gasteiger partial charge in [0.05, 0.1) is 18.3 Å². The third-order valence-electron chi connectivity index (χ3n) is 4.17. The first-order valence-electron chi connectivity index (χ1n) is 8.46. The summed E-state index contributed by atoms with van der Waals surface area (Å²) < 4.78 is 6.79. The maximum atomic E-state index is 12.4. The van der Waals surface area contributed by atoms with Crippen LogP contribution in [0.4, 0.5) is 10.7 Å². The molecule has 2 aromatic heterocycles. The third kappa shape index (κ3) is 3.31. The molecule has 0 bridgehead atoms. The third-order valence-corrected chi connectivity index (χ3v) is 4.17. The molecule has 1 saturated heterocycles. The Balaban J connectivity index is 1.85. The fourth-order valence-electron chi connectivity index (χ4n) is 2.86. The Morgan fingerprint density at radius 2 is 1.96 bits per heavy atom. The van der Waals surface area contributed by atoms with E-state index >= 15 is 0 Å². The molecular formula is C16H24N6O3. The molecule has 9 heteroatoms. The molecule has 0 atom stereocenters. The number of carbonyl (C=O) groups is 1. The maximum Gasteiger partial charge on any atom is 0.409 e. The van der Waals surface area contributed by atoms with Crippen LogP contribution in [-0.2, 0) is 10.3 Å². The van der Waals surface area contributed by atoms with Gasteiger partial charge in [0.25, 0.3) is 5.56 Å². The number of rotatable bonds is 2. The molecule has 1 N–H and O–H groups in total. The zero-order valence-corrected chi connectivity index (χ0v) is 15.1. The Hall–Kier alpha value is -2.58. The lowest BCUT2D eigenvalue weighted by Gasteiger charge is -2.34. The van der Waals surface area contributed by atoms with Crippen molar-refractivity contribution in [1.29, 1.82) is 0 Å². The Labute approximate surface area is 145 Å². The van der Waals surface area contributed by atoms with Crippen molar-refractivity contribution >= 4 is 23.1 Å². The molecule has 0 unspecified atom stereocenters. The molecular weight excluding hydrogens is 324 g/mol. The van der Waals surface area contributed by atoms with Crippen molar-refractivity contribution < 1.29 is 9.53 Å². The van der Waals surface area contributed by atoms with Crippen LogP contribution < -0.4 is 10.5 Å². The summed E-state index contributed by atoms with van der Waals surface area (Å²) in [4.78, 5) is 35.3. The number of amides is 1. The average Bonchev–Trinajstić information content (AvgIpc) is 3.00. The molecule has 1 aliphatic rings. The van der Waals surface area contributed by atoms with Crippen molar-refractivity contribution in [2.24, 2.45) is 0 Å². The molecule has 0 aromatic carbocycles. The lowest BCUT2D eigenvalue weighted by atomic mass is 10.1. The number of aromatic amines is 1. The molecule has 0 aliphatic carbocycles. The van der Waals surface area contributed by atoms with Crippen LogP contribution >= 0.6 is 0 Å². The summed E-state index contributed by atoms with van der Waals surface area (Å²) in [6.45, 7) is 10.4. The second kappa shape index (κ2) is 6.38. The number of carbonyl (C=O) groups excluding carboxylic acids is 1. The van der Waals surface area contributed by atoms with E-state index < -0.39 is 0 Å². The fourth-order valence-corrected chi connectivity index (χ4v) is 2.86. The first-order valence-corrected chi connectivity index (χ1v) is 8.46. The molecule has 9 nitrogen and oxygen atoms in total. The largest absolute Gasteiger partial charge is 0.450 e. The van der Waals surface area contributed by atoms with Gasteiger partial charge in [-0.05, 0) is 27.7 Å². The highest BCUT2D eigenvalue weighted by Crippen LogP contribution is 2.20. The molecule has 0 saturated carbocycles. The van der Waals surface area contributed by atoms with Gasteiger partial charge in [-0.25, -0.2) is 9.48 Å². The predicted octanol–water partition coefficient (Wildman–Crippen LogP) is 1.15. The first kappa shape index (κ1) is 17.2. The number of ether oxygens (including phenoxy) is 1. The van der Waals surface area contributed by atoms with Crippen LogP contribution in [0.5, 0.6) is 0 Å². The minimum Gasteiger partial charge on any atom is -0.450 e. The summed E-state index contributed by atoms with van der Waals surface area (Å²) >= 11 is 0. The molecule has 25 heavy (non-hydrogen) atoms. The Morgan fingerprint density at radius 3 is 2.56 bits per heavy atom. The zero-order chi connectivity index (χ0) is 18.2.